The van der Waals surface area contributed by atoms with Crippen LogP contribution in [0.2, 0.25) is 0 Å². The number of benzene rings is 1. The van der Waals surface area contributed by atoms with Crippen LogP contribution in [-0.2, 0) is 6.54 Å². The van der Waals surface area contributed by atoms with Gasteiger partial charge < -0.3 is 10.2 Å². The van der Waals surface area contributed by atoms with E-state index >= 15 is 0 Å². The van der Waals surface area contributed by atoms with Gasteiger partial charge in [-0.05, 0) is 38.6 Å². The van der Waals surface area contributed by atoms with Crippen LogP contribution in [0, 0.1) is 6.92 Å². The van der Waals surface area contributed by atoms with Gasteiger partial charge in [-0.15, -0.1) is 0 Å². The van der Waals surface area contributed by atoms with Gasteiger partial charge in [0.1, 0.15) is 5.52 Å². The number of nitrogens with zero attached hydrogens (tertiary/aromatic N) is 2. The van der Waals surface area contributed by atoms with E-state index in [0.29, 0.717) is 12.4 Å². The molecule has 1 heterocycles. The second kappa shape index (κ2) is 4.71. The Morgan fingerprint density at radius 3 is 2.78 bits per heavy atom. The molecular weight excluding hydrogens is 226 g/mol. The summed E-state index contributed by atoms with van der Waals surface area (Å²) in [4.78, 5) is 6.60. The molecule has 2 rings (SSSR count). The summed E-state index contributed by atoms with van der Waals surface area (Å²) >= 11 is 0. The molecule has 0 aliphatic heterocycles. The lowest BCUT2D eigenvalue weighted by Crippen LogP contribution is -2.46. The second-order valence-electron chi connectivity index (χ2n) is 5.41. The number of nitrogens with two attached hydrogens (primary N) is 1. The van der Waals surface area contributed by atoms with Crippen molar-refractivity contribution in [3.8, 4) is 0 Å². The van der Waals surface area contributed by atoms with Crippen molar-refractivity contribution in [1.82, 2.24) is 9.88 Å². The number of fused-ring (bicyclic) bond motifs is 1. The van der Waals surface area contributed by atoms with Crippen molar-refractivity contribution < 1.29 is 4.42 Å². The summed E-state index contributed by atoms with van der Waals surface area (Å²) in [5.41, 5.74) is 8.77. The molecule has 0 aliphatic rings. The fourth-order valence-corrected chi connectivity index (χ4v) is 1.83. The van der Waals surface area contributed by atoms with E-state index in [4.69, 9.17) is 10.2 Å². The zero-order valence-corrected chi connectivity index (χ0v) is 11.5. The third kappa shape index (κ3) is 2.54. The maximum Gasteiger partial charge on any atom is 0.192 e. The molecule has 0 bridgehead atoms. The highest BCUT2D eigenvalue weighted by Crippen LogP contribution is 2.20. The number of aryl methyl sites for hydroxylation is 1. The molecular formula is C14H21N3O. The van der Waals surface area contributed by atoms with Crippen LogP contribution in [0.25, 0.3) is 11.1 Å². The Labute approximate surface area is 108 Å². The largest absolute Gasteiger partial charge is 0.441 e. The molecule has 0 unspecified atom stereocenters. The summed E-state index contributed by atoms with van der Waals surface area (Å²) in [6.07, 6.45) is 0. The summed E-state index contributed by atoms with van der Waals surface area (Å²) in [5.74, 6) is 0.706. The highest BCUT2D eigenvalue weighted by molar-refractivity contribution is 5.73. The molecule has 0 fully saturated rings. The molecule has 1 aromatic carbocycles. The van der Waals surface area contributed by atoms with E-state index in [1.54, 1.807) is 0 Å². The third-order valence-electron chi connectivity index (χ3n) is 3.51. The molecule has 2 N–H and O–H groups in total. The quantitative estimate of drug-likeness (QED) is 0.900. The van der Waals surface area contributed by atoms with Gasteiger partial charge in [-0.1, -0.05) is 6.07 Å². The minimum atomic E-state index is -0.00526. The Hall–Kier alpha value is -1.39. The van der Waals surface area contributed by atoms with Gasteiger partial charge in [0.2, 0.25) is 0 Å². The fraction of sp³-hybridized carbons (Fsp3) is 0.500. The van der Waals surface area contributed by atoms with Gasteiger partial charge >= 0.3 is 0 Å². The first-order valence-electron chi connectivity index (χ1n) is 6.20. The predicted octanol–water partition coefficient (Wildman–Crippen LogP) is 2.31. The first-order valence-corrected chi connectivity index (χ1v) is 6.20. The standard InChI is InChI=1S/C14H21N3O/c1-10-16-12-7-11(5-6-13(12)18-10)8-17(4)14(2,3)9-15/h5-7H,8-9,15H2,1-4H3. The summed E-state index contributed by atoms with van der Waals surface area (Å²) < 4.78 is 5.47. The Morgan fingerprint density at radius 2 is 2.11 bits per heavy atom. The molecule has 4 nitrogen and oxygen atoms in total. The summed E-state index contributed by atoms with van der Waals surface area (Å²) in [5, 5.41) is 0. The van der Waals surface area contributed by atoms with Crippen molar-refractivity contribution in [1.29, 1.82) is 0 Å². The number of aromatic nitrogens is 1. The molecule has 98 valence electrons. The van der Waals surface area contributed by atoms with Crippen molar-refractivity contribution in [2.45, 2.75) is 32.9 Å². The molecule has 0 saturated carbocycles. The monoisotopic (exact) mass is 247 g/mol. The van der Waals surface area contributed by atoms with Crippen molar-refractivity contribution in [2.75, 3.05) is 13.6 Å². The Morgan fingerprint density at radius 1 is 1.39 bits per heavy atom. The van der Waals surface area contributed by atoms with E-state index in [0.717, 1.165) is 17.6 Å². The molecule has 1 aromatic heterocycles. The lowest BCUT2D eigenvalue weighted by Gasteiger charge is -2.34. The minimum absolute atomic E-state index is 0.00526. The highest BCUT2D eigenvalue weighted by atomic mass is 16.3. The lowest BCUT2D eigenvalue weighted by molar-refractivity contribution is 0.156. The number of hydrogen-bond donors (Lipinski definition) is 1. The van der Waals surface area contributed by atoms with Gasteiger partial charge in [0, 0.05) is 25.6 Å². The maximum atomic E-state index is 5.79. The van der Waals surface area contributed by atoms with E-state index in [2.05, 4.69) is 42.9 Å². The molecule has 0 atom stereocenters. The highest BCUT2D eigenvalue weighted by Gasteiger charge is 2.21. The molecule has 18 heavy (non-hydrogen) atoms. The topological polar surface area (TPSA) is 55.3 Å². The van der Waals surface area contributed by atoms with Crippen LogP contribution in [-0.4, -0.2) is 29.0 Å². The van der Waals surface area contributed by atoms with Crippen molar-refractivity contribution >= 4 is 11.1 Å². The Balaban J connectivity index is 2.21. The van der Waals surface area contributed by atoms with Gasteiger partial charge in [0.25, 0.3) is 0 Å². The molecule has 0 saturated heterocycles. The van der Waals surface area contributed by atoms with Crippen LogP contribution in [0.4, 0.5) is 0 Å². The van der Waals surface area contributed by atoms with Crippen LogP contribution >= 0.6 is 0 Å². The summed E-state index contributed by atoms with van der Waals surface area (Å²) in [7, 11) is 2.09. The minimum Gasteiger partial charge on any atom is -0.441 e. The summed E-state index contributed by atoms with van der Waals surface area (Å²) in [6, 6.07) is 6.14. The number of likely N-dealkylation sites (N-methyl/N-ethyl adjacent to an activating group) is 1. The smallest absolute Gasteiger partial charge is 0.192 e. The van der Waals surface area contributed by atoms with Crippen LogP contribution in [0.15, 0.2) is 22.6 Å². The predicted molar refractivity (Wildman–Crippen MR) is 73.3 cm³/mol. The zero-order valence-electron chi connectivity index (χ0n) is 11.5. The average Bonchev–Trinajstić information content (AvgIpc) is 2.68. The van der Waals surface area contributed by atoms with Crippen LogP contribution in [0.5, 0.6) is 0 Å². The van der Waals surface area contributed by atoms with Crippen molar-refractivity contribution in [2.24, 2.45) is 5.73 Å². The molecule has 0 aliphatic carbocycles. The van der Waals surface area contributed by atoms with Crippen molar-refractivity contribution in [3.05, 3.63) is 29.7 Å². The van der Waals surface area contributed by atoms with E-state index in [1.165, 1.54) is 5.56 Å². The zero-order chi connectivity index (χ0) is 13.3. The van der Waals surface area contributed by atoms with Crippen molar-refractivity contribution in [3.63, 3.8) is 0 Å². The lowest BCUT2D eigenvalue weighted by atomic mass is 10.0. The van der Waals surface area contributed by atoms with Gasteiger partial charge in [0.05, 0.1) is 0 Å². The number of hydrogen-bond acceptors (Lipinski definition) is 4. The van der Waals surface area contributed by atoms with E-state index in [9.17, 15) is 0 Å². The van der Waals surface area contributed by atoms with Crippen LogP contribution in [0.1, 0.15) is 25.3 Å². The van der Waals surface area contributed by atoms with Crippen LogP contribution in [0.3, 0.4) is 0 Å². The third-order valence-corrected chi connectivity index (χ3v) is 3.51. The first-order chi connectivity index (χ1) is 8.42. The Kier molecular flexibility index (Phi) is 3.41. The van der Waals surface area contributed by atoms with Crippen LogP contribution < -0.4 is 5.73 Å². The Bertz CT molecular complexity index is 545. The van der Waals surface area contributed by atoms with E-state index < -0.39 is 0 Å². The SMILES string of the molecule is Cc1nc2cc(CN(C)C(C)(C)CN)ccc2o1. The normalized spacial score (nSPS) is 12.6. The first kappa shape index (κ1) is 13.1. The van der Waals surface area contributed by atoms with E-state index in [-0.39, 0.29) is 5.54 Å². The number of rotatable bonds is 4. The van der Waals surface area contributed by atoms with Gasteiger partial charge in [-0.2, -0.15) is 0 Å². The molecule has 0 amide bonds. The fourth-order valence-electron chi connectivity index (χ4n) is 1.83. The molecule has 4 heteroatoms. The molecule has 0 spiro atoms. The van der Waals surface area contributed by atoms with Gasteiger partial charge in [-0.3, -0.25) is 4.90 Å². The average molecular weight is 247 g/mol. The van der Waals surface area contributed by atoms with Gasteiger partial charge in [0.15, 0.2) is 11.5 Å². The van der Waals surface area contributed by atoms with E-state index in [1.807, 2.05) is 13.0 Å². The van der Waals surface area contributed by atoms with Gasteiger partial charge in [-0.25, -0.2) is 4.98 Å². The second-order valence-corrected chi connectivity index (χ2v) is 5.41. The number of oxazole rings is 1. The summed E-state index contributed by atoms with van der Waals surface area (Å²) in [6.45, 7) is 7.64. The molecule has 2 aromatic rings. The maximum absolute atomic E-state index is 5.79. The molecule has 0 radical (unpaired) electrons.